The van der Waals surface area contributed by atoms with Gasteiger partial charge in [0.2, 0.25) is 0 Å². The molecule has 0 amide bonds. The minimum Gasteiger partial charge on any atom is -0.487 e. The first-order valence-electron chi connectivity index (χ1n) is 4.39. The van der Waals surface area contributed by atoms with Crippen LogP contribution < -0.4 is 4.74 Å². The Bertz CT molecular complexity index is 474. The first-order chi connectivity index (χ1) is 7.40. The fourth-order valence-corrected chi connectivity index (χ4v) is 1.75. The molecule has 0 saturated heterocycles. The Balaban J connectivity index is 2.08. The standard InChI is InChI=1S/C11H8N2OS/c12-6-9-7-13-4-3-11(9)14-8-10-2-1-5-15-10/h1-5,7H,8H2. The molecule has 4 heteroatoms. The number of thiophene rings is 1. The Hall–Kier alpha value is -1.86. The third-order valence-electron chi connectivity index (χ3n) is 1.85. The minimum atomic E-state index is 0.467. The van der Waals surface area contributed by atoms with Gasteiger partial charge in [0.25, 0.3) is 0 Å². The molecule has 2 heterocycles. The zero-order valence-electron chi connectivity index (χ0n) is 7.88. The highest BCUT2D eigenvalue weighted by atomic mass is 32.1. The molecule has 74 valence electrons. The van der Waals surface area contributed by atoms with Crippen LogP contribution in [0.3, 0.4) is 0 Å². The average molecular weight is 216 g/mol. The van der Waals surface area contributed by atoms with Crippen LogP contribution in [-0.2, 0) is 6.61 Å². The number of ether oxygens (including phenoxy) is 1. The molecule has 0 spiro atoms. The lowest BCUT2D eigenvalue weighted by atomic mass is 10.3. The number of hydrogen-bond acceptors (Lipinski definition) is 4. The van der Waals surface area contributed by atoms with Crippen LogP contribution in [0.25, 0.3) is 0 Å². The molecule has 2 aromatic heterocycles. The third-order valence-corrected chi connectivity index (χ3v) is 2.70. The number of rotatable bonds is 3. The second-order valence-electron chi connectivity index (χ2n) is 2.85. The summed E-state index contributed by atoms with van der Waals surface area (Å²) in [5.74, 6) is 0.584. The van der Waals surface area contributed by atoms with Gasteiger partial charge in [-0.2, -0.15) is 5.26 Å². The van der Waals surface area contributed by atoms with Gasteiger partial charge in [0, 0.05) is 17.3 Å². The molecule has 0 aliphatic heterocycles. The summed E-state index contributed by atoms with van der Waals surface area (Å²) < 4.78 is 5.52. The van der Waals surface area contributed by atoms with Crippen LogP contribution in [0, 0.1) is 11.3 Å². The lowest BCUT2D eigenvalue weighted by Crippen LogP contribution is -1.95. The minimum absolute atomic E-state index is 0.467. The van der Waals surface area contributed by atoms with Crippen LogP contribution in [-0.4, -0.2) is 4.98 Å². The Morgan fingerprint density at radius 1 is 1.47 bits per heavy atom. The number of nitriles is 1. The van der Waals surface area contributed by atoms with Crippen molar-refractivity contribution >= 4 is 11.3 Å². The summed E-state index contributed by atoms with van der Waals surface area (Å²) in [6, 6.07) is 7.71. The molecule has 0 aliphatic carbocycles. The monoisotopic (exact) mass is 216 g/mol. The smallest absolute Gasteiger partial charge is 0.140 e. The van der Waals surface area contributed by atoms with Gasteiger partial charge in [-0.15, -0.1) is 11.3 Å². The maximum atomic E-state index is 8.81. The van der Waals surface area contributed by atoms with E-state index in [-0.39, 0.29) is 0 Å². The van der Waals surface area contributed by atoms with Gasteiger partial charge in [-0.1, -0.05) is 6.07 Å². The van der Waals surface area contributed by atoms with E-state index in [0.717, 1.165) is 4.88 Å². The van der Waals surface area contributed by atoms with Crippen molar-refractivity contribution in [1.29, 1.82) is 5.26 Å². The first-order valence-corrected chi connectivity index (χ1v) is 5.27. The summed E-state index contributed by atoms with van der Waals surface area (Å²) in [7, 11) is 0. The molecule has 3 nitrogen and oxygen atoms in total. The maximum absolute atomic E-state index is 8.81. The quantitative estimate of drug-likeness (QED) is 0.792. The molecular weight excluding hydrogens is 208 g/mol. The highest BCUT2D eigenvalue weighted by Gasteiger charge is 2.02. The Morgan fingerprint density at radius 3 is 3.13 bits per heavy atom. The SMILES string of the molecule is N#Cc1cnccc1OCc1cccs1. The predicted molar refractivity (Wildman–Crippen MR) is 57.6 cm³/mol. The highest BCUT2D eigenvalue weighted by molar-refractivity contribution is 7.09. The van der Waals surface area contributed by atoms with Crippen LogP contribution in [0.5, 0.6) is 5.75 Å². The van der Waals surface area contributed by atoms with E-state index < -0.39 is 0 Å². The van der Waals surface area contributed by atoms with Gasteiger partial charge in [0.05, 0.1) is 0 Å². The Morgan fingerprint density at radius 2 is 2.40 bits per heavy atom. The summed E-state index contributed by atoms with van der Waals surface area (Å²) in [6.07, 6.45) is 3.12. The lowest BCUT2D eigenvalue weighted by Gasteiger charge is -2.04. The second kappa shape index (κ2) is 4.58. The average Bonchev–Trinajstić information content (AvgIpc) is 2.79. The van der Waals surface area contributed by atoms with Gasteiger partial charge in [-0.25, -0.2) is 0 Å². The van der Waals surface area contributed by atoms with E-state index in [1.807, 2.05) is 23.6 Å². The lowest BCUT2D eigenvalue weighted by molar-refractivity contribution is 0.308. The van der Waals surface area contributed by atoms with Crippen molar-refractivity contribution in [3.63, 3.8) is 0 Å². The summed E-state index contributed by atoms with van der Waals surface area (Å²) in [5, 5.41) is 10.8. The predicted octanol–water partition coefficient (Wildman–Crippen LogP) is 2.59. The van der Waals surface area contributed by atoms with Crippen LogP contribution in [0.15, 0.2) is 36.0 Å². The van der Waals surface area contributed by atoms with Crippen molar-refractivity contribution < 1.29 is 4.74 Å². The van der Waals surface area contributed by atoms with E-state index in [1.54, 1.807) is 23.6 Å². The topological polar surface area (TPSA) is 45.9 Å². The van der Waals surface area contributed by atoms with Crippen molar-refractivity contribution in [1.82, 2.24) is 4.98 Å². The molecule has 0 aliphatic rings. The van der Waals surface area contributed by atoms with Gasteiger partial charge in [0.15, 0.2) is 0 Å². The van der Waals surface area contributed by atoms with Crippen molar-refractivity contribution in [3.05, 3.63) is 46.4 Å². The molecular formula is C11H8N2OS. The number of hydrogen-bond donors (Lipinski definition) is 0. The fourth-order valence-electron chi connectivity index (χ4n) is 1.14. The van der Waals surface area contributed by atoms with Gasteiger partial charge >= 0.3 is 0 Å². The van der Waals surface area contributed by atoms with Gasteiger partial charge in [-0.05, 0) is 17.5 Å². The molecule has 2 rings (SSSR count). The van der Waals surface area contributed by atoms with Crippen LogP contribution in [0.4, 0.5) is 0 Å². The largest absolute Gasteiger partial charge is 0.487 e. The second-order valence-corrected chi connectivity index (χ2v) is 3.88. The molecule has 0 saturated carbocycles. The highest BCUT2D eigenvalue weighted by Crippen LogP contribution is 2.18. The Kier molecular flexibility index (Phi) is 2.96. The molecule has 0 N–H and O–H groups in total. The maximum Gasteiger partial charge on any atom is 0.140 e. The zero-order chi connectivity index (χ0) is 10.5. The van der Waals surface area contributed by atoms with Gasteiger partial charge in [0.1, 0.15) is 24.0 Å². The summed E-state index contributed by atoms with van der Waals surface area (Å²) in [4.78, 5) is 5.00. The number of nitrogens with zero attached hydrogens (tertiary/aromatic N) is 2. The Labute approximate surface area is 91.6 Å². The first kappa shape index (κ1) is 9.69. The van der Waals surface area contributed by atoms with E-state index in [1.165, 1.54) is 6.20 Å². The summed E-state index contributed by atoms with van der Waals surface area (Å²) in [5.41, 5.74) is 0.467. The van der Waals surface area contributed by atoms with E-state index in [4.69, 9.17) is 10.00 Å². The normalized spacial score (nSPS) is 9.53. The molecule has 0 radical (unpaired) electrons. The molecule has 0 atom stereocenters. The van der Waals surface area contributed by atoms with Crippen LogP contribution >= 0.6 is 11.3 Å². The number of pyridine rings is 1. The van der Waals surface area contributed by atoms with Crippen molar-refractivity contribution in [2.24, 2.45) is 0 Å². The summed E-state index contributed by atoms with van der Waals surface area (Å²) >= 11 is 1.63. The molecule has 2 aromatic rings. The van der Waals surface area contributed by atoms with Crippen molar-refractivity contribution in [2.75, 3.05) is 0 Å². The van der Waals surface area contributed by atoms with Crippen molar-refractivity contribution in [3.8, 4) is 11.8 Å². The molecule has 15 heavy (non-hydrogen) atoms. The number of aromatic nitrogens is 1. The van der Waals surface area contributed by atoms with Crippen LogP contribution in [0.1, 0.15) is 10.4 Å². The van der Waals surface area contributed by atoms with Crippen LogP contribution in [0.2, 0.25) is 0 Å². The zero-order valence-corrected chi connectivity index (χ0v) is 8.70. The molecule has 0 aromatic carbocycles. The van der Waals surface area contributed by atoms with Crippen molar-refractivity contribution in [2.45, 2.75) is 6.61 Å². The molecule has 0 fully saturated rings. The van der Waals surface area contributed by atoms with Gasteiger partial charge in [-0.3, -0.25) is 4.98 Å². The molecule has 0 bridgehead atoms. The molecule has 0 unspecified atom stereocenters. The van der Waals surface area contributed by atoms with E-state index in [2.05, 4.69) is 4.98 Å². The van der Waals surface area contributed by atoms with E-state index in [9.17, 15) is 0 Å². The third kappa shape index (κ3) is 2.33. The van der Waals surface area contributed by atoms with Gasteiger partial charge < -0.3 is 4.74 Å². The fraction of sp³-hybridized carbons (Fsp3) is 0.0909. The van der Waals surface area contributed by atoms with E-state index >= 15 is 0 Å². The summed E-state index contributed by atoms with van der Waals surface area (Å²) in [6.45, 7) is 0.496. The van der Waals surface area contributed by atoms with E-state index in [0.29, 0.717) is 17.9 Å².